The molecule has 0 atom stereocenters. The molecule has 0 radical (unpaired) electrons. The van der Waals surface area contributed by atoms with Gasteiger partial charge in [-0.1, -0.05) is 43.3 Å². The van der Waals surface area contributed by atoms with E-state index in [-0.39, 0.29) is 18.0 Å². The van der Waals surface area contributed by atoms with E-state index in [0.717, 1.165) is 17.5 Å². The number of benzene rings is 2. The first-order chi connectivity index (χ1) is 13.4. The first-order valence-electron chi connectivity index (χ1n) is 8.88. The highest BCUT2D eigenvalue weighted by Gasteiger charge is 2.14. The average Bonchev–Trinajstić information content (AvgIpc) is 2.68. The zero-order valence-corrected chi connectivity index (χ0v) is 16.0. The molecule has 0 aliphatic rings. The van der Waals surface area contributed by atoms with Gasteiger partial charge in [-0.15, -0.1) is 0 Å². The van der Waals surface area contributed by atoms with Gasteiger partial charge < -0.3 is 16.1 Å². The van der Waals surface area contributed by atoms with Crippen LogP contribution in [-0.4, -0.2) is 17.7 Å². The lowest BCUT2D eigenvalue weighted by Crippen LogP contribution is -2.43. The van der Waals surface area contributed by atoms with Crippen LogP contribution >= 0.6 is 0 Å². The number of hydrogen-bond acceptors (Lipinski definition) is 4. The Morgan fingerprint density at radius 1 is 0.821 bits per heavy atom. The Morgan fingerprint density at radius 2 is 1.39 bits per heavy atom. The highest BCUT2D eigenvalue weighted by molar-refractivity contribution is 6.39. The van der Waals surface area contributed by atoms with Crippen LogP contribution in [0.4, 0.5) is 11.4 Å². The van der Waals surface area contributed by atoms with Crippen LogP contribution in [0.25, 0.3) is 0 Å². The molecule has 0 fully saturated rings. The summed E-state index contributed by atoms with van der Waals surface area (Å²) in [5, 5.41) is 5.22. The number of hydrogen-bond donors (Lipinski definition) is 4. The topological polar surface area (TPSA) is 99.3 Å². The highest BCUT2D eigenvalue weighted by atomic mass is 16.2. The summed E-state index contributed by atoms with van der Waals surface area (Å²) < 4.78 is 0. The van der Waals surface area contributed by atoms with Gasteiger partial charge in [0.05, 0.1) is 6.42 Å². The van der Waals surface area contributed by atoms with Crippen molar-refractivity contribution in [2.75, 3.05) is 10.6 Å². The minimum atomic E-state index is -0.889. The van der Waals surface area contributed by atoms with Gasteiger partial charge in [-0.2, -0.15) is 0 Å². The molecule has 2 aromatic rings. The van der Waals surface area contributed by atoms with Crippen LogP contribution < -0.4 is 21.5 Å². The molecule has 0 aromatic heterocycles. The summed E-state index contributed by atoms with van der Waals surface area (Å²) >= 11 is 0. The van der Waals surface area contributed by atoms with Crippen molar-refractivity contribution in [1.29, 1.82) is 0 Å². The summed E-state index contributed by atoms with van der Waals surface area (Å²) in [4.78, 5) is 35.7. The number of anilines is 2. The van der Waals surface area contributed by atoms with E-state index in [1.165, 1.54) is 0 Å². The smallest absolute Gasteiger partial charge is 0.326 e. The standard InChI is InChI=1S/C21H24N4O3/c1-4-16-7-11-18(12-8-16)23-20(27)21(28)25-24-15(3)13-19(26)22-17-9-5-14(2)6-10-17/h5-12,24H,3-4,13H2,1-2H3,(H,22,26)(H,23,27)(H,25,28). The summed E-state index contributed by atoms with van der Waals surface area (Å²) in [5.74, 6) is -2.01. The molecular formula is C21H24N4O3. The predicted octanol–water partition coefficient (Wildman–Crippen LogP) is 2.66. The maximum atomic E-state index is 12.0. The van der Waals surface area contributed by atoms with Crippen LogP contribution in [0.3, 0.4) is 0 Å². The van der Waals surface area contributed by atoms with Gasteiger partial charge in [0, 0.05) is 17.1 Å². The van der Waals surface area contributed by atoms with Crippen LogP contribution in [0.5, 0.6) is 0 Å². The van der Waals surface area contributed by atoms with Gasteiger partial charge in [-0.25, -0.2) is 0 Å². The van der Waals surface area contributed by atoms with Gasteiger partial charge in [0.1, 0.15) is 0 Å². The van der Waals surface area contributed by atoms with E-state index in [4.69, 9.17) is 0 Å². The number of nitrogens with one attached hydrogen (secondary N) is 4. The molecule has 0 aliphatic heterocycles. The summed E-state index contributed by atoms with van der Waals surface area (Å²) in [6.07, 6.45) is 0.826. The molecule has 2 aromatic carbocycles. The van der Waals surface area contributed by atoms with Crippen molar-refractivity contribution in [3.63, 3.8) is 0 Å². The van der Waals surface area contributed by atoms with Gasteiger partial charge in [0.2, 0.25) is 5.91 Å². The second-order valence-corrected chi connectivity index (χ2v) is 6.28. The molecule has 0 bridgehead atoms. The quantitative estimate of drug-likeness (QED) is 0.438. The van der Waals surface area contributed by atoms with E-state index < -0.39 is 11.8 Å². The van der Waals surface area contributed by atoms with Crippen LogP contribution in [0.15, 0.2) is 60.8 Å². The number of rotatable bonds is 7. The minimum absolute atomic E-state index is 0.0613. The zero-order valence-electron chi connectivity index (χ0n) is 16.0. The van der Waals surface area contributed by atoms with Crippen molar-refractivity contribution >= 4 is 29.1 Å². The molecule has 0 saturated carbocycles. The fourth-order valence-electron chi connectivity index (χ4n) is 2.29. The van der Waals surface area contributed by atoms with Gasteiger partial charge in [-0.05, 0) is 43.2 Å². The molecule has 0 saturated heterocycles. The van der Waals surface area contributed by atoms with Gasteiger partial charge in [-0.3, -0.25) is 19.8 Å². The summed E-state index contributed by atoms with van der Waals surface area (Å²) in [5.41, 5.74) is 8.35. The monoisotopic (exact) mass is 380 g/mol. The van der Waals surface area contributed by atoms with E-state index in [2.05, 4.69) is 28.1 Å². The Morgan fingerprint density at radius 3 is 2.00 bits per heavy atom. The number of hydrazine groups is 1. The van der Waals surface area contributed by atoms with Crippen molar-refractivity contribution in [2.24, 2.45) is 0 Å². The SMILES string of the molecule is C=C(CC(=O)Nc1ccc(C)cc1)NNC(=O)C(=O)Nc1ccc(CC)cc1. The molecule has 146 valence electrons. The fraction of sp³-hybridized carbons (Fsp3) is 0.190. The molecule has 2 rings (SSSR count). The number of amides is 3. The molecule has 0 aliphatic carbocycles. The van der Waals surface area contributed by atoms with Crippen molar-refractivity contribution in [1.82, 2.24) is 10.9 Å². The van der Waals surface area contributed by atoms with Gasteiger partial charge in [0.15, 0.2) is 0 Å². The third kappa shape index (κ3) is 6.60. The molecule has 4 N–H and O–H groups in total. The zero-order chi connectivity index (χ0) is 20.5. The Labute approximate surface area is 164 Å². The van der Waals surface area contributed by atoms with Gasteiger partial charge in [0.25, 0.3) is 0 Å². The molecule has 7 nitrogen and oxygen atoms in total. The maximum absolute atomic E-state index is 12.0. The number of carbonyl (C=O) groups is 3. The lowest BCUT2D eigenvalue weighted by Gasteiger charge is -2.11. The van der Waals surface area contributed by atoms with E-state index in [0.29, 0.717) is 11.4 Å². The van der Waals surface area contributed by atoms with Crippen molar-refractivity contribution in [3.05, 3.63) is 71.9 Å². The van der Waals surface area contributed by atoms with Crippen molar-refractivity contribution in [2.45, 2.75) is 26.7 Å². The van der Waals surface area contributed by atoms with E-state index in [1.54, 1.807) is 24.3 Å². The first kappa shape index (κ1) is 20.7. The Hall–Kier alpha value is -3.61. The molecule has 0 heterocycles. The highest BCUT2D eigenvalue weighted by Crippen LogP contribution is 2.10. The second kappa shape index (κ2) is 9.91. The average molecular weight is 380 g/mol. The van der Waals surface area contributed by atoms with Crippen LogP contribution in [-0.2, 0) is 20.8 Å². The van der Waals surface area contributed by atoms with Crippen molar-refractivity contribution < 1.29 is 14.4 Å². The molecule has 0 unspecified atom stereocenters. The number of carbonyl (C=O) groups excluding carboxylic acids is 3. The molecule has 7 heteroatoms. The lowest BCUT2D eigenvalue weighted by atomic mass is 10.1. The molecular weight excluding hydrogens is 356 g/mol. The first-order valence-corrected chi connectivity index (χ1v) is 8.88. The Balaban J connectivity index is 1.74. The van der Waals surface area contributed by atoms with E-state index in [9.17, 15) is 14.4 Å². The fourth-order valence-corrected chi connectivity index (χ4v) is 2.29. The summed E-state index contributed by atoms with van der Waals surface area (Å²) in [7, 11) is 0. The van der Waals surface area contributed by atoms with Crippen LogP contribution in [0.2, 0.25) is 0 Å². The number of aryl methyl sites for hydroxylation is 2. The summed E-state index contributed by atoms with van der Waals surface area (Å²) in [6.45, 7) is 7.65. The molecule has 0 spiro atoms. The third-order valence-corrected chi connectivity index (χ3v) is 3.89. The Bertz CT molecular complexity index is 858. The third-order valence-electron chi connectivity index (χ3n) is 3.89. The second-order valence-electron chi connectivity index (χ2n) is 6.28. The van der Waals surface area contributed by atoms with Crippen molar-refractivity contribution in [3.8, 4) is 0 Å². The van der Waals surface area contributed by atoms with Crippen LogP contribution in [0.1, 0.15) is 24.5 Å². The van der Waals surface area contributed by atoms with Crippen LogP contribution in [0, 0.1) is 6.92 Å². The largest absolute Gasteiger partial charge is 0.327 e. The minimum Gasteiger partial charge on any atom is -0.326 e. The van der Waals surface area contributed by atoms with Gasteiger partial charge >= 0.3 is 11.8 Å². The maximum Gasteiger partial charge on any atom is 0.327 e. The normalized spacial score (nSPS) is 9.93. The molecule has 28 heavy (non-hydrogen) atoms. The summed E-state index contributed by atoms with van der Waals surface area (Å²) in [6, 6.07) is 14.6. The van der Waals surface area contributed by atoms with E-state index >= 15 is 0 Å². The molecule has 3 amide bonds. The predicted molar refractivity (Wildman–Crippen MR) is 109 cm³/mol. The van der Waals surface area contributed by atoms with E-state index in [1.807, 2.05) is 38.1 Å². The lowest BCUT2D eigenvalue weighted by molar-refractivity contribution is -0.136. The Kier molecular flexibility index (Phi) is 7.33.